The van der Waals surface area contributed by atoms with Crippen molar-refractivity contribution in [3.05, 3.63) is 53.9 Å². The van der Waals surface area contributed by atoms with E-state index in [2.05, 4.69) is 39.5 Å². The summed E-state index contributed by atoms with van der Waals surface area (Å²) in [5.41, 5.74) is 1.68. The molecule has 4 rings (SSSR count). The number of nitrogens with zero attached hydrogens (tertiary/aromatic N) is 4. The van der Waals surface area contributed by atoms with E-state index in [1.807, 2.05) is 22.9 Å². The van der Waals surface area contributed by atoms with Crippen LogP contribution in [0.4, 0.5) is 0 Å². The number of imidazole rings is 1. The summed E-state index contributed by atoms with van der Waals surface area (Å²) in [5.74, 6) is 1.37. The highest BCUT2D eigenvalue weighted by Gasteiger charge is 2.38. The second-order valence-corrected chi connectivity index (χ2v) is 8.78. The van der Waals surface area contributed by atoms with E-state index in [4.69, 9.17) is 4.52 Å². The molecule has 2 heterocycles. The van der Waals surface area contributed by atoms with Crippen molar-refractivity contribution >= 4 is 17.7 Å². The zero-order valence-electron chi connectivity index (χ0n) is 17.4. The van der Waals surface area contributed by atoms with Crippen LogP contribution in [0.2, 0.25) is 0 Å². The number of hydrogen-bond acceptors (Lipinski definition) is 6. The summed E-state index contributed by atoms with van der Waals surface area (Å²) in [6.07, 6.45) is 9.77. The van der Waals surface area contributed by atoms with Crippen molar-refractivity contribution in [2.24, 2.45) is 0 Å². The number of amides is 1. The van der Waals surface area contributed by atoms with Crippen LogP contribution in [0.1, 0.15) is 55.8 Å². The summed E-state index contributed by atoms with van der Waals surface area (Å²) in [7, 11) is 0. The van der Waals surface area contributed by atoms with E-state index < -0.39 is 5.54 Å². The molecule has 0 aliphatic heterocycles. The van der Waals surface area contributed by atoms with Gasteiger partial charge in [-0.3, -0.25) is 9.36 Å². The third kappa shape index (κ3) is 4.43. The number of thioether (sulfide) groups is 1. The fourth-order valence-electron chi connectivity index (χ4n) is 4.08. The topological polar surface area (TPSA) is 85.8 Å². The standard InChI is InChI=1S/C22H27N5O2S/c1-16-9-5-6-10-18(16)27-14-13-23-21(27)30-15-19(28)25-22(11-7-3-4-8-12-22)20-24-17(2)29-26-20/h5-6,9-10,13-14H,3-4,7-8,11-12,15H2,1-2H3,(H,25,28). The van der Waals surface area contributed by atoms with E-state index >= 15 is 0 Å². The molecule has 1 saturated carbocycles. The molecule has 0 spiro atoms. The maximum atomic E-state index is 13.0. The minimum atomic E-state index is -0.544. The number of para-hydroxylation sites is 1. The monoisotopic (exact) mass is 425 g/mol. The van der Waals surface area contributed by atoms with E-state index in [9.17, 15) is 4.79 Å². The Bertz CT molecular complexity index is 1000. The first-order valence-corrected chi connectivity index (χ1v) is 11.4. The van der Waals surface area contributed by atoms with Crippen LogP contribution in [0, 0.1) is 13.8 Å². The summed E-state index contributed by atoms with van der Waals surface area (Å²) in [5, 5.41) is 8.21. The van der Waals surface area contributed by atoms with Crippen molar-refractivity contribution < 1.29 is 9.32 Å². The van der Waals surface area contributed by atoms with E-state index in [1.165, 1.54) is 11.8 Å². The Balaban J connectivity index is 1.48. The minimum absolute atomic E-state index is 0.0383. The molecule has 8 heteroatoms. The van der Waals surface area contributed by atoms with Gasteiger partial charge in [-0.15, -0.1) is 0 Å². The maximum absolute atomic E-state index is 13.0. The van der Waals surface area contributed by atoms with Gasteiger partial charge in [-0.25, -0.2) is 4.98 Å². The van der Waals surface area contributed by atoms with Gasteiger partial charge in [0.2, 0.25) is 11.8 Å². The van der Waals surface area contributed by atoms with Crippen LogP contribution >= 0.6 is 11.8 Å². The van der Waals surface area contributed by atoms with Crippen molar-refractivity contribution in [1.82, 2.24) is 25.0 Å². The Hall–Kier alpha value is -2.61. The van der Waals surface area contributed by atoms with Crippen LogP contribution in [0.15, 0.2) is 46.3 Å². The van der Waals surface area contributed by atoms with E-state index in [0.717, 1.165) is 54.9 Å². The molecule has 30 heavy (non-hydrogen) atoms. The lowest BCUT2D eigenvalue weighted by Crippen LogP contribution is -2.47. The lowest BCUT2D eigenvalue weighted by molar-refractivity contribution is -0.120. The quantitative estimate of drug-likeness (QED) is 0.467. The Morgan fingerprint density at radius 3 is 2.67 bits per heavy atom. The molecule has 158 valence electrons. The molecule has 1 aliphatic carbocycles. The molecule has 1 aromatic carbocycles. The number of carbonyl (C=O) groups is 1. The average Bonchev–Trinajstić information content (AvgIpc) is 3.32. The smallest absolute Gasteiger partial charge is 0.231 e. The molecular formula is C22H27N5O2S. The Kier molecular flexibility index (Phi) is 6.22. The van der Waals surface area contributed by atoms with Crippen LogP contribution in [-0.2, 0) is 10.3 Å². The average molecular weight is 426 g/mol. The molecule has 0 saturated heterocycles. The number of aromatic nitrogens is 4. The zero-order valence-corrected chi connectivity index (χ0v) is 18.2. The summed E-state index contributed by atoms with van der Waals surface area (Å²) in [4.78, 5) is 21.9. The van der Waals surface area contributed by atoms with Crippen molar-refractivity contribution in [2.75, 3.05) is 5.75 Å². The SMILES string of the molecule is Cc1nc(C2(NC(=O)CSc3nccn3-c3ccccc3C)CCCCCC2)no1. The fraction of sp³-hybridized carbons (Fsp3) is 0.455. The highest BCUT2D eigenvalue weighted by Crippen LogP contribution is 2.35. The molecule has 1 amide bonds. The number of hydrogen-bond donors (Lipinski definition) is 1. The van der Waals surface area contributed by atoms with Crippen LogP contribution < -0.4 is 5.32 Å². The van der Waals surface area contributed by atoms with Gasteiger partial charge in [0.05, 0.1) is 11.4 Å². The molecule has 1 aliphatic rings. The van der Waals surface area contributed by atoms with Gasteiger partial charge in [-0.2, -0.15) is 4.98 Å². The van der Waals surface area contributed by atoms with Gasteiger partial charge in [0.25, 0.3) is 0 Å². The first-order valence-electron chi connectivity index (χ1n) is 10.4. The number of carbonyl (C=O) groups excluding carboxylic acids is 1. The van der Waals surface area contributed by atoms with Crippen molar-refractivity contribution in [3.63, 3.8) is 0 Å². The minimum Gasteiger partial charge on any atom is -0.342 e. The second kappa shape index (κ2) is 9.04. The van der Waals surface area contributed by atoms with Crippen molar-refractivity contribution in [1.29, 1.82) is 0 Å². The molecular weight excluding hydrogens is 398 g/mol. The Morgan fingerprint density at radius 1 is 1.20 bits per heavy atom. The molecule has 0 bridgehead atoms. The molecule has 2 aromatic heterocycles. The van der Waals surface area contributed by atoms with E-state index in [1.54, 1.807) is 13.1 Å². The molecule has 1 fully saturated rings. The zero-order chi connectivity index (χ0) is 21.0. The predicted octanol–water partition coefficient (Wildman–Crippen LogP) is 4.33. The van der Waals surface area contributed by atoms with Gasteiger partial charge >= 0.3 is 0 Å². The van der Waals surface area contributed by atoms with E-state index in [0.29, 0.717) is 11.7 Å². The fourth-order valence-corrected chi connectivity index (χ4v) is 4.84. The molecule has 0 unspecified atom stereocenters. The molecule has 0 atom stereocenters. The highest BCUT2D eigenvalue weighted by atomic mass is 32.2. The van der Waals surface area contributed by atoms with E-state index in [-0.39, 0.29) is 11.7 Å². The number of rotatable bonds is 6. The van der Waals surface area contributed by atoms with Crippen molar-refractivity contribution in [2.45, 2.75) is 63.1 Å². The first-order chi connectivity index (χ1) is 14.6. The summed E-state index contributed by atoms with van der Waals surface area (Å²) < 4.78 is 7.25. The third-order valence-corrected chi connectivity index (χ3v) is 6.57. The van der Waals surface area contributed by atoms with Crippen LogP contribution in [-0.4, -0.2) is 31.4 Å². The third-order valence-electron chi connectivity index (χ3n) is 5.61. The van der Waals surface area contributed by atoms with Gasteiger partial charge in [0, 0.05) is 19.3 Å². The summed E-state index contributed by atoms with van der Waals surface area (Å²) in [6, 6.07) is 8.15. The normalized spacial score (nSPS) is 16.2. The molecule has 3 aromatic rings. The number of benzene rings is 1. The predicted molar refractivity (Wildman–Crippen MR) is 116 cm³/mol. The molecule has 0 radical (unpaired) electrons. The van der Waals surface area contributed by atoms with Crippen LogP contribution in [0.25, 0.3) is 5.69 Å². The summed E-state index contributed by atoms with van der Waals surface area (Å²) >= 11 is 1.43. The summed E-state index contributed by atoms with van der Waals surface area (Å²) in [6.45, 7) is 3.85. The van der Waals surface area contributed by atoms with Gasteiger partial charge in [-0.05, 0) is 31.4 Å². The van der Waals surface area contributed by atoms with Crippen molar-refractivity contribution in [3.8, 4) is 5.69 Å². The van der Waals surface area contributed by atoms with Crippen LogP contribution in [0.5, 0.6) is 0 Å². The lowest BCUT2D eigenvalue weighted by Gasteiger charge is -2.30. The largest absolute Gasteiger partial charge is 0.342 e. The molecule has 1 N–H and O–H groups in total. The Labute approximate surface area is 180 Å². The van der Waals surface area contributed by atoms with Gasteiger partial charge in [0.1, 0.15) is 5.54 Å². The number of nitrogens with one attached hydrogen (secondary N) is 1. The van der Waals surface area contributed by atoms with Gasteiger partial charge < -0.3 is 9.84 Å². The lowest BCUT2D eigenvalue weighted by atomic mass is 9.89. The first kappa shape index (κ1) is 20.7. The van der Waals surface area contributed by atoms with Crippen LogP contribution in [0.3, 0.4) is 0 Å². The molecule has 7 nitrogen and oxygen atoms in total. The number of aryl methyl sites for hydroxylation is 2. The Morgan fingerprint density at radius 2 is 1.97 bits per heavy atom. The van der Waals surface area contributed by atoms with Gasteiger partial charge in [0.15, 0.2) is 11.0 Å². The maximum Gasteiger partial charge on any atom is 0.231 e. The van der Waals surface area contributed by atoms with Gasteiger partial charge in [-0.1, -0.05) is 60.8 Å². The second-order valence-electron chi connectivity index (χ2n) is 7.84. The highest BCUT2D eigenvalue weighted by molar-refractivity contribution is 7.99.